The molecule has 9 heteroatoms. The van der Waals surface area contributed by atoms with E-state index in [4.69, 9.17) is 32.4 Å². The number of benzene rings is 1. The first kappa shape index (κ1) is 18.6. The summed E-state index contributed by atoms with van der Waals surface area (Å²) in [6.07, 6.45) is 0.316. The summed E-state index contributed by atoms with van der Waals surface area (Å²) < 4.78 is 10.7. The van der Waals surface area contributed by atoms with Gasteiger partial charge in [-0.15, -0.1) is 0 Å². The van der Waals surface area contributed by atoms with Crippen molar-refractivity contribution in [2.75, 3.05) is 13.2 Å². The standard InChI is InChI=1S/C17H16Cl2N2O5/c1-17(14-3-2-6-25-14)15(23)21(16(24)20-17)8-11(22)9-26-13-5-4-10(18)7-12(13)19/h2-7,11,22H,8-9H2,1H3,(H,20,24). The predicted molar refractivity (Wildman–Crippen MR) is 94.3 cm³/mol. The zero-order valence-corrected chi connectivity index (χ0v) is 15.3. The average molecular weight is 399 g/mol. The predicted octanol–water partition coefficient (Wildman–Crippen LogP) is 2.79. The minimum atomic E-state index is -1.30. The van der Waals surface area contributed by atoms with Gasteiger partial charge in [0, 0.05) is 5.02 Å². The van der Waals surface area contributed by atoms with E-state index < -0.39 is 23.6 Å². The second-order valence-electron chi connectivity index (χ2n) is 5.99. The highest BCUT2D eigenvalue weighted by atomic mass is 35.5. The largest absolute Gasteiger partial charge is 0.489 e. The summed E-state index contributed by atoms with van der Waals surface area (Å²) in [6, 6.07) is 7.29. The third kappa shape index (κ3) is 3.51. The lowest BCUT2D eigenvalue weighted by atomic mass is 9.99. The molecule has 26 heavy (non-hydrogen) atoms. The molecular formula is C17H16Cl2N2O5. The minimum absolute atomic E-state index is 0.157. The van der Waals surface area contributed by atoms with E-state index >= 15 is 0 Å². The lowest BCUT2D eigenvalue weighted by molar-refractivity contribution is -0.132. The monoisotopic (exact) mass is 398 g/mol. The number of aliphatic hydroxyl groups excluding tert-OH is 1. The molecule has 2 N–H and O–H groups in total. The number of carbonyl (C=O) groups excluding carboxylic acids is 2. The highest BCUT2D eigenvalue weighted by Crippen LogP contribution is 2.30. The van der Waals surface area contributed by atoms with Crippen LogP contribution in [0, 0.1) is 0 Å². The van der Waals surface area contributed by atoms with Gasteiger partial charge in [0.05, 0.1) is 17.8 Å². The number of hydrogen-bond donors (Lipinski definition) is 2. The Morgan fingerprint density at radius 1 is 1.35 bits per heavy atom. The molecule has 0 radical (unpaired) electrons. The van der Waals surface area contributed by atoms with Crippen LogP contribution in [-0.4, -0.2) is 41.2 Å². The Morgan fingerprint density at radius 3 is 2.77 bits per heavy atom. The minimum Gasteiger partial charge on any atom is -0.489 e. The maximum absolute atomic E-state index is 12.6. The Balaban J connectivity index is 1.63. The molecule has 3 rings (SSSR count). The molecule has 3 amide bonds. The van der Waals surface area contributed by atoms with E-state index in [-0.39, 0.29) is 13.2 Å². The second-order valence-corrected chi connectivity index (χ2v) is 6.83. The number of furan rings is 1. The fourth-order valence-electron chi connectivity index (χ4n) is 2.63. The van der Waals surface area contributed by atoms with Crippen molar-refractivity contribution in [3.63, 3.8) is 0 Å². The molecule has 1 aliphatic rings. The second kappa shape index (κ2) is 7.19. The number of ether oxygens (including phenoxy) is 1. The Morgan fingerprint density at radius 2 is 2.12 bits per heavy atom. The normalized spacial score (nSPS) is 21.0. The molecule has 7 nitrogen and oxygen atoms in total. The highest BCUT2D eigenvalue weighted by Gasteiger charge is 2.51. The number of carbonyl (C=O) groups is 2. The number of amides is 3. The van der Waals surface area contributed by atoms with Crippen LogP contribution in [0.5, 0.6) is 5.75 Å². The van der Waals surface area contributed by atoms with Crippen molar-refractivity contribution in [3.05, 3.63) is 52.4 Å². The Hall–Kier alpha value is -2.22. The SMILES string of the molecule is CC1(c2ccco2)NC(=O)N(CC(O)COc2ccc(Cl)cc2Cl)C1=O. The molecule has 1 aliphatic heterocycles. The molecule has 2 atom stereocenters. The number of halogens is 2. The lowest BCUT2D eigenvalue weighted by Gasteiger charge is -2.21. The smallest absolute Gasteiger partial charge is 0.325 e. The van der Waals surface area contributed by atoms with Gasteiger partial charge >= 0.3 is 6.03 Å². The summed E-state index contributed by atoms with van der Waals surface area (Å²) in [5.41, 5.74) is -1.30. The Labute approximate surface area is 159 Å². The van der Waals surface area contributed by atoms with Crippen molar-refractivity contribution in [1.29, 1.82) is 0 Å². The molecule has 2 aromatic rings. The first-order chi connectivity index (χ1) is 12.3. The van der Waals surface area contributed by atoms with Crippen LogP contribution in [0.25, 0.3) is 0 Å². The summed E-state index contributed by atoms with van der Waals surface area (Å²) in [5, 5.41) is 13.5. The number of rotatable bonds is 6. The van der Waals surface area contributed by atoms with Gasteiger partial charge in [-0.2, -0.15) is 0 Å². The van der Waals surface area contributed by atoms with Crippen molar-refractivity contribution in [1.82, 2.24) is 10.2 Å². The third-order valence-electron chi connectivity index (χ3n) is 4.01. The zero-order chi connectivity index (χ0) is 18.9. The fraction of sp³-hybridized carbons (Fsp3) is 0.294. The van der Waals surface area contributed by atoms with E-state index in [2.05, 4.69) is 5.32 Å². The van der Waals surface area contributed by atoms with Gasteiger partial charge in [-0.25, -0.2) is 4.79 Å². The van der Waals surface area contributed by atoms with Gasteiger partial charge in [-0.3, -0.25) is 9.69 Å². The van der Waals surface area contributed by atoms with E-state index in [0.717, 1.165) is 4.90 Å². The summed E-state index contributed by atoms with van der Waals surface area (Å²) in [6.45, 7) is 1.16. The molecule has 1 aromatic heterocycles. The molecule has 2 heterocycles. The number of nitrogens with zero attached hydrogens (tertiary/aromatic N) is 1. The summed E-state index contributed by atoms with van der Waals surface area (Å²) in [4.78, 5) is 25.7. The van der Waals surface area contributed by atoms with Crippen LogP contribution >= 0.6 is 23.2 Å². The third-order valence-corrected chi connectivity index (χ3v) is 4.54. The quantitative estimate of drug-likeness (QED) is 0.729. The first-order valence-corrected chi connectivity index (χ1v) is 8.51. The van der Waals surface area contributed by atoms with Crippen LogP contribution < -0.4 is 10.1 Å². The molecular weight excluding hydrogens is 383 g/mol. The van der Waals surface area contributed by atoms with Crippen LogP contribution in [0.3, 0.4) is 0 Å². The topological polar surface area (TPSA) is 92.0 Å². The van der Waals surface area contributed by atoms with Gasteiger partial charge in [-0.05, 0) is 37.3 Å². The van der Waals surface area contributed by atoms with Crippen molar-refractivity contribution < 1.29 is 23.8 Å². The van der Waals surface area contributed by atoms with Crippen molar-refractivity contribution in [2.45, 2.75) is 18.6 Å². The number of urea groups is 1. The Kier molecular flexibility index (Phi) is 5.13. The summed E-state index contributed by atoms with van der Waals surface area (Å²) in [7, 11) is 0. The molecule has 1 saturated heterocycles. The van der Waals surface area contributed by atoms with Crippen LogP contribution in [0.1, 0.15) is 12.7 Å². The van der Waals surface area contributed by atoms with Gasteiger partial charge in [0.25, 0.3) is 5.91 Å². The van der Waals surface area contributed by atoms with E-state index in [0.29, 0.717) is 21.6 Å². The molecule has 0 spiro atoms. The molecule has 2 unspecified atom stereocenters. The molecule has 138 valence electrons. The van der Waals surface area contributed by atoms with E-state index in [1.807, 2.05) is 0 Å². The summed E-state index contributed by atoms with van der Waals surface area (Å²) in [5.74, 6) is 0.144. The van der Waals surface area contributed by atoms with Crippen molar-refractivity contribution in [3.8, 4) is 5.75 Å². The first-order valence-electron chi connectivity index (χ1n) is 7.75. The van der Waals surface area contributed by atoms with Crippen LogP contribution in [0.4, 0.5) is 4.79 Å². The maximum atomic E-state index is 12.6. The maximum Gasteiger partial charge on any atom is 0.325 e. The van der Waals surface area contributed by atoms with E-state index in [9.17, 15) is 14.7 Å². The van der Waals surface area contributed by atoms with Gasteiger partial charge in [-0.1, -0.05) is 23.2 Å². The number of hydrogen-bond acceptors (Lipinski definition) is 5. The van der Waals surface area contributed by atoms with Gasteiger partial charge in [0.2, 0.25) is 0 Å². The number of β-amino-alcohol motifs (C(OH)–C–C–N with tert-alkyl or cyclic N) is 1. The summed E-state index contributed by atoms with van der Waals surface area (Å²) >= 11 is 11.8. The highest BCUT2D eigenvalue weighted by molar-refractivity contribution is 6.35. The molecule has 1 fully saturated rings. The molecule has 1 aromatic carbocycles. The average Bonchev–Trinajstić information content (AvgIpc) is 3.19. The van der Waals surface area contributed by atoms with E-state index in [1.54, 1.807) is 31.2 Å². The van der Waals surface area contributed by atoms with Crippen LogP contribution in [-0.2, 0) is 10.3 Å². The molecule has 0 aliphatic carbocycles. The van der Waals surface area contributed by atoms with Crippen LogP contribution in [0.15, 0.2) is 41.0 Å². The lowest BCUT2D eigenvalue weighted by Crippen LogP contribution is -2.42. The van der Waals surface area contributed by atoms with Crippen molar-refractivity contribution >= 4 is 35.1 Å². The van der Waals surface area contributed by atoms with Crippen LogP contribution in [0.2, 0.25) is 10.0 Å². The fourth-order valence-corrected chi connectivity index (χ4v) is 3.10. The Bertz CT molecular complexity index is 827. The van der Waals surface area contributed by atoms with E-state index in [1.165, 1.54) is 12.3 Å². The number of nitrogens with one attached hydrogen (secondary N) is 1. The zero-order valence-electron chi connectivity index (χ0n) is 13.7. The van der Waals surface area contributed by atoms with Gasteiger partial charge in [0.15, 0.2) is 5.54 Å². The van der Waals surface area contributed by atoms with Gasteiger partial charge < -0.3 is 19.6 Å². The molecule has 0 bridgehead atoms. The van der Waals surface area contributed by atoms with Gasteiger partial charge in [0.1, 0.15) is 24.2 Å². The van der Waals surface area contributed by atoms with Crippen molar-refractivity contribution in [2.24, 2.45) is 0 Å². The number of imide groups is 1. The molecule has 0 saturated carbocycles. The number of aliphatic hydroxyl groups is 1.